The molecule has 0 radical (unpaired) electrons. The average molecular weight is 265 g/mol. The molecular weight excluding hydrogens is 246 g/mol. The number of H-pyrrole nitrogens is 1. The molecule has 102 valence electrons. The van der Waals surface area contributed by atoms with Gasteiger partial charge in [-0.2, -0.15) is 5.10 Å². The van der Waals surface area contributed by atoms with Gasteiger partial charge in [0.25, 0.3) is 0 Å². The van der Waals surface area contributed by atoms with Gasteiger partial charge in [0.05, 0.1) is 17.8 Å². The molecule has 2 N–H and O–H groups in total. The molecule has 3 aromatic rings. The maximum Gasteiger partial charge on any atom is 0.0651 e. The zero-order valence-corrected chi connectivity index (χ0v) is 11.6. The normalized spacial score (nSPS) is 12.4. The number of hydrogen-bond acceptors (Lipinski definition) is 2. The Morgan fingerprint density at radius 2 is 2.00 bits per heavy atom. The van der Waals surface area contributed by atoms with Crippen LogP contribution in [0.15, 0.2) is 54.7 Å². The SMILES string of the molecule is CCCC(Nc1ccc2[nH]ncc2c1)c1ccccc1. The Morgan fingerprint density at radius 1 is 1.15 bits per heavy atom. The lowest BCUT2D eigenvalue weighted by Crippen LogP contribution is -2.10. The third-order valence-corrected chi connectivity index (χ3v) is 3.56. The van der Waals surface area contributed by atoms with Gasteiger partial charge in [0.2, 0.25) is 0 Å². The second-order valence-corrected chi connectivity index (χ2v) is 5.07. The van der Waals surface area contributed by atoms with Gasteiger partial charge in [0.15, 0.2) is 0 Å². The zero-order chi connectivity index (χ0) is 13.8. The molecule has 0 spiro atoms. The summed E-state index contributed by atoms with van der Waals surface area (Å²) >= 11 is 0. The Hall–Kier alpha value is -2.29. The van der Waals surface area contributed by atoms with E-state index in [4.69, 9.17) is 0 Å². The molecule has 0 aliphatic heterocycles. The molecule has 3 rings (SSSR count). The number of fused-ring (bicyclic) bond motifs is 1. The van der Waals surface area contributed by atoms with E-state index in [0.29, 0.717) is 6.04 Å². The van der Waals surface area contributed by atoms with Crippen molar-refractivity contribution in [2.24, 2.45) is 0 Å². The first-order chi connectivity index (χ1) is 9.86. The van der Waals surface area contributed by atoms with Gasteiger partial charge in [-0.1, -0.05) is 43.7 Å². The predicted molar refractivity (Wildman–Crippen MR) is 83.8 cm³/mol. The highest BCUT2D eigenvalue weighted by Crippen LogP contribution is 2.25. The Balaban J connectivity index is 1.85. The van der Waals surface area contributed by atoms with Crippen LogP contribution in [0.5, 0.6) is 0 Å². The van der Waals surface area contributed by atoms with Crippen LogP contribution in [0.4, 0.5) is 5.69 Å². The Labute approximate surface area is 119 Å². The average Bonchev–Trinajstić information content (AvgIpc) is 2.95. The van der Waals surface area contributed by atoms with Gasteiger partial charge < -0.3 is 5.32 Å². The van der Waals surface area contributed by atoms with E-state index in [1.54, 1.807) is 0 Å². The van der Waals surface area contributed by atoms with Crippen LogP contribution in [-0.4, -0.2) is 10.2 Å². The molecule has 1 unspecified atom stereocenters. The molecule has 1 heterocycles. The summed E-state index contributed by atoms with van der Waals surface area (Å²) in [7, 11) is 0. The van der Waals surface area contributed by atoms with Gasteiger partial charge in [-0.15, -0.1) is 0 Å². The van der Waals surface area contributed by atoms with Crippen molar-refractivity contribution in [3.05, 3.63) is 60.3 Å². The molecule has 0 saturated heterocycles. The van der Waals surface area contributed by atoms with Crippen molar-refractivity contribution in [1.29, 1.82) is 0 Å². The highest BCUT2D eigenvalue weighted by molar-refractivity contribution is 5.81. The number of benzene rings is 2. The minimum atomic E-state index is 0.352. The molecule has 3 heteroatoms. The molecule has 0 amide bonds. The minimum absolute atomic E-state index is 0.352. The third kappa shape index (κ3) is 2.67. The highest BCUT2D eigenvalue weighted by atomic mass is 15.1. The fraction of sp³-hybridized carbons (Fsp3) is 0.235. The van der Waals surface area contributed by atoms with Crippen LogP contribution >= 0.6 is 0 Å². The van der Waals surface area contributed by atoms with Crippen molar-refractivity contribution < 1.29 is 0 Å². The van der Waals surface area contributed by atoms with Gasteiger partial charge in [-0.05, 0) is 30.2 Å². The molecule has 1 atom stereocenters. The maximum atomic E-state index is 4.06. The van der Waals surface area contributed by atoms with Gasteiger partial charge in [0.1, 0.15) is 0 Å². The van der Waals surface area contributed by atoms with E-state index in [1.807, 2.05) is 6.20 Å². The quantitative estimate of drug-likeness (QED) is 0.712. The van der Waals surface area contributed by atoms with E-state index in [2.05, 4.69) is 71.0 Å². The van der Waals surface area contributed by atoms with Crippen LogP contribution in [0.2, 0.25) is 0 Å². The standard InChI is InChI=1S/C17H19N3/c1-2-6-16(13-7-4-3-5-8-13)19-15-9-10-17-14(11-15)12-18-20-17/h3-5,7-12,16,19H,2,6H2,1H3,(H,18,20). The molecule has 2 aromatic carbocycles. The van der Waals surface area contributed by atoms with Crippen molar-refractivity contribution in [2.75, 3.05) is 5.32 Å². The first kappa shape index (κ1) is 12.7. The van der Waals surface area contributed by atoms with Crippen LogP contribution < -0.4 is 5.32 Å². The molecule has 0 bridgehead atoms. The van der Waals surface area contributed by atoms with Gasteiger partial charge in [-0.3, -0.25) is 5.10 Å². The van der Waals surface area contributed by atoms with Gasteiger partial charge in [0, 0.05) is 11.1 Å². The van der Waals surface area contributed by atoms with Crippen molar-refractivity contribution in [3.8, 4) is 0 Å². The lowest BCUT2D eigenvalue weighted by atomic mass is 10.0. The van der Waals surface area contributed by atoms with Crippen LogP contribution in [-0.2, 0) is 0 Å². The molecular formula is C17H19N3. The van der Waals surface area contributed by atoms with Crippen LogP contribution in [0.25, 0.3) is 10.9 Å². The number of aromatic nitrogens is 2. The van der Waals surface area contributed by atoms with E-state index in [-0.39, 0.29) is 0 Å². The summed E-state index contributed by atoms with van der Waals surface area (Å²) in [5, 5.41) is 11.8. The monoisotopic (exact) mass is 265 g/mol. The summed E-state index contributed by atoms with van der Waals surface area (Å²) in [6.07, 6.45) is 4.13. The van der Waals surface area contributed by atoms with Crippen LogP contribution in [0, 0.1) is 0 Å². The molecule has 0 aliphatic rings. The summed E-state index contributed by atoms with van der Waals surface area (Å²) in [6, 6.07) is 17.3. The van der Waals surface area contributed by atoms with E-state index < -0.39 is 0 Å². The Morgan fingerprint density at radius 3 is 2.80 bits per heavy atom. The van der Waals surface area contributed by atoms with Crippen molar-refractivity contribution in [3.63, 3.8) is 0 Å². The second-order valence-electron chi connectivity index (χ2n) is 5.07. The number of aromatic amines is 1. The fourth-order valence-corrected chi connectivity index (χ4v) is 2.53. The smallest absolute Gasteiger partial charge is 0.0651 e. The van der Waals surface area contributed by atoms with Gasteiger partial charge >= 0.3 is 0 Å². The molecule has 0 saturated carbocycles. The van der Waals surface area contributed by atoms with E-state index in [0.717, 1.165) is 29.4 Å². The molecule has 3 nitrogen and oxygen atoms in total. The van der Waals surface area contributed by atoms with Gasteiger partial charge in [-0.25, -0.2) is 0 Å². The van der Waals surface area contributed by atoms with Crippen molar-refractivity contribution in [1.82, 2.24) is 10.2 Å². The molecule has 1 aromatic heterocycles. The number of nitrogens with zero attached hydrogens (tertiary/aromatic N) is 1. The number of nitrogens with one attached hydrogen (secondary N) is 2. The van der Waals surface area contributed by atoms with E-state index in [1.165, 1.54) is 5.56 Å². The maximum absolute atomic E-state index is 4.06. The van der Waals surface area contributed by atoms with Crippen LogP contribution in [0.3, 0.4) is 0 Å². The summed E-state index contributed by atoms with van der Waals surface area (Å²) in [5.41, 5.74) is 3.55. The first-order valence-electron chi connectivity index (χ1n) is 7.11. The lowest BCUT2D eigenvalue weighted by molar-refractivity contribution is 0.678. The predicted octanol–water partition coefficient (Wildman–Crippen LogP) is 4.52. The summed E-state index contributed by atoms with van der Waals surface area (Å²) in [6.45, 7) is 2.22. The molecule has 0 fully saturated rings. The van der Waals surface area contributed by atoms with E-state index in [9.17, 15) is 0 Å². The first-order valence-corrected chi connectivity index (χ1v) is 7.11. The summed E-state index contributed by atoms with van der Waals surface area (Å²) in [4.78, 5) is 0. The molecule has 20 heavy (non-hydrogen) atoms. The number of hydrogen-bond donors (Lipinski definition) is 2. The minimum Gasteiger partial charge on any atom is -0.378 e. The van der Waals surface area contributed by atoms with Crippen molar-refractivity contribution in [2.45, 2.75) is 25.8 Å². The topological polar surface area (TPSA) is 40.7 Å². The largest absolute Gasteiger partial charge is 0.378 e. The van der Waals surface area contributed by atoms with Crippen LogP contribution in [0.1, 0.15) is 31.4 Å². The summed E-state index contributed by atoms with van der Waals surface area (Å²) < 4.78 is 0. The molecule has 0 aliphatic carbocycles. The number of anilines is 1. The number of rotatable bonds is 5. The highest BCUT2D eigenvalue weighted by Gasteiger charge is 2.10. The summed E-state index contributed by atoms with van der Waals surface area (Å²) in [5.74, 6) is 0. The van der Waals surface area contributed by atoms with E-state index >= 15 is 0 Å². The lowest BCUT2D eigenvalue weighted by Gasteiger charge is -2.20. The zero-order valence-electron chi connectivity index (χ0n) is 11.6. The van der Waals surface area contributed by atoms with Crippen molar-refractivity contribution >= 4 is 16.6 Å². The Kier molecular flexibility index (Phi) is 3.68. The fourth-order valence-electron chi connectivity index (χ4n) is 2.53. The Bertz CT molecular complexity index is 673. The second kappa shape index (κ2) is 5.78. The third-order valence-electron chi connectivity index (χ3n) is 3.56.